The number of methoxy groups -OCH3 is 1. The maximum atomic E-state index is 12.3. The van der Waals surface area contributed by atoms with Gasteiger partial charge in [0.15, 0.2) is 11.5 Å². The van der Waals surface area contributed by atoms with Gasteiger partial charge in [0.2, 0.25) is 5.91 Å². The lowest BCUT2D eigenvalue weighted by Gasteiger charge is -2.10. The molecular weight excluding hydrogens is 318 g/mol. The van der Waals surface area contributed by atoms with Crippen LogP contribution in [0.3, 0.4) is 0 Å². The van der Waals surface area contributed by atoms with Crippen LogP contribution in [0.5, 0.6) is 11.5 Å². The van der Waals surface area contributed by atoms with E-state index in [0.717, 1.165) is 5.56 Å². The van der Waals surface area contributed by atoms with Crippen LogP contribution in [0.25, 0.3) is 6.08 Å². The number of nitrogens with one attached hydrogen (secondary N) is 1. The van der Waals surface area contributed by atoms with Crippen molar-refractivity contribution in [1.82, 2.24) is 4.98 Å². The lowest BCUT2D eigenvalue weighted by Crippen LogP contribution is -2.09. The Bertz CT molecular complexity index is 731. The van der Waals surface area contributed by atoms with Crippen LogP contribution in [-0.2, 0) is 4.79 Å². The number of rotatable bonds is 6. The molecule has 0 radical (unpaired) electrons. The van der Waals surface area contributed by atoms with Crippen LogP contribution in [-0.4, -0.2) is 24.6 Å². The van der Waals surface area contributed by atoms with Crippen molar-refractivity contribution in [3.8, 4) is 11.5 Å². The second-order valence-electron chi connectivity index (χ2n) is 4.83. The normalized spacial score (nSPS) is 10.9. The molecule has 5 nitrogen and oxygen atoms in total. The number of alkyl halides is 2. The zero-order valence-corrected chi connectivity index (χ0v) is 13.1. The Morgan fingerprint density at radius 2 is 2.04 bits per heavy atom. The number of carbonyl (C=O) groups is 1. The highest BCUT2D eigenvalue weighted by atomic mass is 19.3. The van der Waals surface area contributed by atoms with Crippen molar-refractivity contribution in [2.45, 2.75) is 13.5 Å². The maximum absolute atomic E-state index is 12.3. The molecule has 0 aliphatic rings. The summed E-state index contributed by atoms with van der Waals surface area (Å²) in [6, 6.07) is 7.91. The van der Waals surface area contributed by atoms with Gasteiger partial charge in [0.05, 0.1) is 7.11 Å². The van der Waals surface area contributed by atoms with Gasteiger partial charge < -0.3 is 14.8 Å². The summed E-state index contributed by atoms with van der Waals surface area (Å²) in [5, 5.41) is 2.61. The Morgan fingerprint density at radius 3 is 2.67 bits per heavy atom. The second-order valence-corrected chi connectivity index (χ2v) is 4.83. The number of aryl methyl sites for hydroxylation is 1. The van der Waals surface area contributed by atoms with Crippen LogP contribution in [0.15, 0.2) is 42.6 Å². The van der Waals surface area contributed by atoms with E-state index in [1.54, 1.807) is 12.3 Å². The van der Waals surface area contributed by atoms with E-state index >= 15 is 0 Å². The predicted molar refractivity (Wildman–Crippen MR) is 86.3 cm³/mol. The van der Waals surface area contributed by atoms with Crippen LogP contribution in [0.2, 0.25) is 0 Å². The van der Waals surface area contributed by atoms with E-state index < -0.39 is 6.61 Å². The molecule has 2 aromatic rings. The molecule has 1 aromatic heterocycles. The maximum Gasteiger partial charge on any atom is 0.387 e. The summed E-state index contributed by atoms with van der Waals surface area (Å²) in [6.07, 6.45) is 4.48. The summed E-state index contributed by atoms with van der Waals surface area (Å²) < 4.78 is 33.9. The van der Waals surface area contributed by atoms with Gasteiger partial charge in [-0.3, -0.25) is 4.79 Å². The van der Waals surface area contributed by atoms with Crippen molar-refractivity contribution in [3.63, 3.8) is 0 Å². The molecular formula is C17H16F2N2O3. The molecule has 0 bridgehead atoms. The Morgan fingerprint density at radius 1 is 1.25 bits per heavy atom. The summed E-state index contributed by atoms with van der Waals surface area (Å²) in [7, 11) is 1.34. The first-order valence-electron chi connectivity index (χ1n) is 7.02. The van der Waals surface area contributed by atoms with Crippen molar-refractivity contribution >= 4 is 17.8 Å². The molecule has 1 heterocycles. The molecule has 0 saturated carbocycles. The molecule has 0 aliphatic carbocycles. The third-order valence-electron chi connectivity index (χ3n) is 2.99. The number of benzene rings is 1. The molecule has 1 amide bonds. The summed E-state index contributed by atoms with van der Waals surface area (Å²) in [6.45, 7) is -1.04. The number of nitrogens with zero attached hydrogens (tertiary/aromatic N) is 1. The molecule has 1 N–H and O–H groups in total. The molecule has 126 valence electrons. The fourth-order valence-electron chi connectivity index (χ4n) is 1.86. The molecule has 0 saturated heterocycles. The van der Waals surface area contributed by atoms with E-state index in [4.69, 9.17) is 4.74 Å². The minimum atomic E-state index is -2.94. The first kappa shape index (κ1) is 17.4. The van der Waals surface area contributed by atoms with E-state index in [0.29, 0.717) is 11.4 Å². The molecule has 0 unspecified atom stereocenters. The molecule has 0 fully saturated rings. The van der Waals surface area contributed by atoms with Gasteiger partial charge >= 0.3 is 6.61 Å². The van der Waals surface area contributed by atoms with Crippen molar-refractivity contribution in [2.24, 2.45) is 0 Å². The fraction of sp³-hybridized carbons (Fsp3) is 0.176. The second kappa shape index (κ2) is 8.05. The third-order valence-corrected chi connectivity index (χ3v) is 2.99. The number of anilines is 1. The van der Waals surface area contributed by atoms with E-state index in [1.165, 1.54) is 37.5 Å². The summed E-state index contributed by atoms with van der Waals surface area (Å²) in [5.74, 6) is 0.155. The van der Waals surface area contributed by atoms with Gasteiger partial charge in [-0.1, -0.05) is 12.1 Å². The first-order valence-corrected chi connectivity index (χ1v) is 7.02. The molecule has 24 heavy (non-hydrogen) atoms. The standard InChI is InChI=1S/C17H16F2N2O3/c1-11-3-7-15(20-10-11)21-16(22)8-5-12-4-6-13(24-17(18)19)14(9-12)23-2/h3-10,17H,1-2H3,(H,20,21,22)/b8-5+. The fourth-order valence-corrected chi connectivity index (χ4v) is 1.86. The molecule has 0 aliphatic heterocycles. The van der Waals surface area contributed by atoms with E-state index in [9.17, 15) is 13.6 Å². The number of halogens is 2. The van der Waals surface area contributed by atoms with Gasteiger partial charge in [0.25, 0.3) is 0 Å². The Hall–Kier alpha value is -2.96. The van der Waals surface area contributed by atoms with Gasteiger partial charge in [0, 0.05) is 12.3 Å². The summed E-state index contributed by atoms with van der Waals surface area (Å²) in [4.78, 5) is 15.9. The van der Waals surface area contributed by atoms with Crippen LogP contribution in [0, 0.1) is 6.92 Å². The van der Waals surface area contributed by atoms with Crippen molar-refractivity contribution < 1.29 is 23.0 Å². The summed E-state index contributed by atoms with van der Waals surface area (Å²) in [5.41, 5.74) is 1.59. The van der Waals surface area contributed by atoms with Crippen molar-refractivity contribution in [1.29, 1.82) is 0 Å². The minimum absolute atomic E-state index is 0.0713. The number of hydrogen-bond acceptors (Lipinski definition) is 4. The van der Waals surface area contributed by atoms with Crippen molar-refractivity contribution in [3.05, 3.63) is 53.7 Å². The largest absolute Gasteiger partial charge is 0.493 e. The SMILES string of the molecule is COc1cc(/C=C/C(=O)Nc2ccc(C)cn2)ccc1OC(F)F. The topological polar surface area (TPSA) is 60.5 Å². The van der Waals surface area contributed by atoms with Crippen LogP contribution in [0.4, 0.5) is 14.6 Å². The van der Waals surface area contributed by atoms with Crippen LogP contribution in [0.1, 0.15) is 11.1 Å². The van der Waals surface area contributed by atoms with Gasteiger partial charge in [-0.2, -0.15) is 8.78 Å². The third kappa shape index (κ3) is 5.05. The average Bonchev–Trinajstić information content (AvgIpc) is 2.55. The number of carbonyl (C=O) groups excluding carboxylic acids is 1. The van der Waals surface area contributed by atoms with Gasteiger partial charge in [-0.25, -0.2) is 4.98 Å². The molecule has 0 spiro atoms. The molecule has 7 heteroatoms. The quantitative estimate of drug-likeness (QED) is 0.819. The predicted octanol–water partition coefficient (Wildman–Crippen LogP) is 3.65. The highest BCUT2D eigenvalue weighted by Gasteiger charge is 2.10. The lowest BCUT2D eigenvalue weighted by molar-refractivity contribution is -0.111. The molecule has 2 rings (SSSR count). The highest BCUT2D eigenvalue weighted by Crippen LogP contribution is 2.29. The summed E-state index contributed by atoms with van der Waals surface area (Å²) >= 11 is 0. The molecule has 0 atom stereocenters. The number of amides is 1. The Balaban J connectivity index is 2.05. The van der Waals surface area contributed by atoms with E-state index in [-0.39, 0.29) is 17.4 Å². The van der Waals surface area contributed by atoms with Crippen LogP contribution < -0.4 is 14.8 Å². The van der Waals surface area contributed by atoms with Gasteiger partial charge in [0.1, 0.15) is 5.82 Å². The van der Waals surface area contributed by atoms with Crippen molar-refractivity contribution in [2.75, 3.05) is 12.4 Å². The highest BCUT2D eigenvalue weighted by molar-refractivity contribution is 6.01. The lowest BCUT2D eigenvalue weighted by atomic mass is 10.2. The zero-order valence-electron chi connectivity index (χ0n) is 13.1. The van der Waals surface area contributed by atoms with Gasteiger partial charge in [-0.15, -0.1) is 0 Å². The number of pyridine rings is 1. The van der Waals surface area contributed by atoms with E-state index in [2.05, 4.69) is 15.0 Å². The first-order chi connectivity index (χ1) is 11.5. The molecule has 1 aromatic carbocycles. The monoisotopic (exact) mass is 334 g/mol. The van der Waals surface area contributed by atoms with Crippen LogP contribution >= 0.6 is 0 Å². The average molecular weight is 334 g/mol. The van der Waals surface area contributed by atoms with Gasteiger partial charge in [-0.05, 0) is 42.3 Å². The zero-order chi connectivity index (χ0) is 17.5. The van der Waals surface area contributed by atoms with E-state index in [1.807, 2.05) is 13.0 Å². The smallest absolute Gasteiger partial charge is 0.387 e. The Labute approximate surface area is 137 Å². The Kier molecular flexibility index (Phi) is 5.83. The number of ether oxygens (including phenoxy) is 2. The number of aromatic nitrogens is 1. The minimum Gasteiger partial charge on any atom is -0.493 e. The number of hydrogen-bond donors (Lipinski definition) is 1.